The van der Waals surface area contributed by atoms with Crippen molar-refractivity contribution in [3.63, 3.8) is 0 Å². The van der Waals surface area contributed by atoms with Gasteiger partial charge in [0.2, 0.25) is 5.88 Å². The van der Waals surface area contributed by atoms with E-state index in [4.69, 9.17) is 14.2 Å². The number of aromatic nitrogens is 1. The van der Waals surface area contributed by atoms with Crippen molar-refractivity contribution in [2.24, 2.45) is 11.8 Å². The van der Waals surface area contributed by atoms with E-state index < -0.39 is 0 Å². The third-order valence-corrected chi connectivity index (χ3v) is 4.99. The molecule has 0 aromatic carbocycles. The van der Waals surface area contributed by atoms with Gasteiger partial charge in [0, 0.05) is 38.1 Å². The first kappa shape index (κ1) is 20.3. The molecule has 2 fully saturated rings. The summed E-state index contributed by atoms with van der Waals surface area (Å²) in [5, 5.41) is 0. The van der Waals surface area contributed by atoms with E-state index >= 15 is 0 Å². The molecule has 0 N–H and O–H groups in total. The van der Waals surface area contributed by atoms with E-state index in [9.17, 15) is 4.79 Å². The Morgan fingerprint density at radius 1 is 1.12 bits per heavy atom. The number of carbonyl (C=O) groups excluding carboxylic acids is 1. The molecule has 0 atom stereocenters. The van der Waals surface area contributed by atoms with Gasteiger partial charge < -0.3 is 14.2 Å². The smallest absolute Gasteiger partial charge is 0.315 e. The van der Waals surface area contributed by atoms with Gasteiger partial charge >= 0.3 is 5.97 Å². The molecule has 25 heavy (non-hydrogen) atoms. The van der Waals surface area contributed by atoms with E-state index in [-0.39, 0.29) is 30.7 Å². The Hall–Kier alpha value is -1.02. The Balaban J connectivity index is 0.00000225. The molecule has 1 saturated heterocycles. The Kier molecular flexibility index (Phi) is 8.81. The zero-order valence-corrected chi connectivity index (χ0v) is 15.2. The van der Waals surface area contributed by atoms with E-state index in [2.05, 4.69) is 4.98 Å². The summed E-state index contributed by atoms with van der Waals surface area (Å²) in [4.78, 5) is 16.2. The van der Waals surface area contributed by atoms with Crippen LogP contribution in [0, 0.1) is 11.8 Å². The number of esters is 1. The molecule has 1 aliphatic carbocycles. The largest absolute Gasteiger partial charge is 0.492 e. The van der Waals surface area contributed by atoms with E-state index in [0.29, 0.717) is 19.1 Å². The summed E-state index contributed by atoms with van der Waals surface area (Å²) in [5.74, 6) is 1.60. The van der Waals surface area contributed by atoms with Crippen molar-refractivity contribution in [1.29, 1.82) is 0 Å². The molecule has 0 spiro atoms. The van der Waals surface area contributed by atoms with Crippen LogP contribution in [-0.2, 0) is 9.53 Å². The van der Waals surface area contributed by atoms with Crippen molar-refractivity contribution in [2.45, 2.75) is 51.4 Å². The summed E-state index contributed by atoms with van der Waals surface area (Å²) >= 11 is 0. The summed E-state index contributed by atoms with van der Waals surface area (Å²) in [6.07, 6.45) is 11.0. The van der Waals surface area contributed by atoms with Crippen LogP contribution in [0.3, 0.4) is 0 Å². The van der Waals surface area contributed by atoms with Crippen LogP contribution in [0.2, 0.25) is 0 Å². The summed E-state index contributed by atoms with van der Waals surface area (Å²) in [5.41, 5.74) is 0. The Labute approximate surface area is 162 Å². The maximum atomic E-state index is 12.1. The second-order valence-corrected chi connectivity index (χ2v) is 6.78. The van der Waals surface area contributed by atoms with Gasteiger partial charge in [0.05, 0.1) is 18.7 Å². The van der Waals surface area contributed by atoms with Gasteiger partial charge in [-0.2, -0.15) is 0 Å². The summed E-state index contributed by atoms with van der Waals surface area (Å²) in [6, 6.07) is 3.52. The van der Waals surface area contributed by atoms with E-state index in [1.807, 2.05) is 6.07 Å². The number of hydrogen-bond donors (Lipinski definition) is 0. The molecule has 133 valence electrons. The first-order valence-electron chi connectivity index (χ1n) is 9.19. The molecule has 2 aliphatic rings. The summed E-state index contributed by atoms with van der Waals surface area (Å²) < 4.78 is 16.4. The quantitative estimate of drug-likeness (QED) is 0.587. The molecule has 1 aliphatic heterocycles. The zero-order chi connectivity index (χ0) is 16.6. The molecule has 0 bridgehead atoms. The number of ether oxygens (including phenoxy) is 3. The number of rotatable bonds is 6. The van der Waals surface area contributed by atoms with Crippen LogP contribution in [0.5, 0.6) is 11.6 Å². The van der Waals surface area contributed by atoms with Gasteiger partial charge in [0.1, 0.15) is 5.75 Å². The zero-order valence-electron chi connectivity index (χ0n) is 15.2. The van der Waals surface area contributed by atoms with Crippen LogP contribution >= 0.6 is 0 Å². The Morgan fingerprint density at radius 2 is 1.88 bits per heavy atom. The van der Waals surface area contributed by atoms with Crippen molar-refractivity contribution < 1.29 is 19.0 Å². The number of pyridine rings is 1. The van der Waals surface area contributed by atoms with Gasteiger partial charge in [-0.3, -0.25) is 4.79 Å². The standard InChI is InChI=1S/C19H27NO4.Li/c21-19(16-9-11-22-12-10-16)24-18-7-6-17(14-20-18)23-13-8-15-4-2-1-3-5-15;/h6-7,14-16H,1-5,8-13H2;. The van der Waals surface area contributed by atoms with Crippen LogP contribution in [0.15, 0.2) is 18.3 Å². The van der Waals surface area contributed by atoms with Crippen LogP contribution < -0.4 is 9.47 Å². The fourth-order valence-corrected chi connectivity index (χ4v) is 3.45. The molecular weight excluding hydrogens is 313 g/mol. The van der Waals surface area contributed by atoms with Crippen LogP contribution in [-0.4, -0.2) is 49.6 Å². The molecule has 2 heterocycles. The molecule has 1 aromatic rings. The molecule has 3 rings (SSSR count). The average molecular weight is 340 g/mol. The number of nitrogens with zero attached hydrogens (tertiary/aromatic N) is 1. The maximum absolute atomic E-state index is 12.1. The molecule has 1 saturated carbocycles. The fraction of sp³-hybridized carbons (Fsp3) is 0.684. The third-order valence-electron chi connectivity index (χ3n) is 4.99. The first-order valence-corrected chi connectivity index (χ1v) is 9.19. The van der Waals surface area contributed by atoms with Gasteiger partial charge in [-0.05, 0) is 31.2 Å². The van der Waals surface area contributed by atoms with Gasteiger partial charge in [0.25, 0.3) is 0 Å². The predicted octanol–water partition coefficient (Wildman–Crippen LogP) is 3.38. The molecule has 1 aromatic heterocycles. The van der Waals surface area contributed by atoms with Gasteiger partial charge in [0.15, 0.2) is 0 Å². The van der Waals surface area contributed by atoms with E-state index in [1.54, 1.807) is 12.3 Å². The minimum absolute atomic E-state index is 0. The van der Waals surface area contributed by atoms with E-state index in [0.717, 1.165) is 37.5 Å². The number of hydrogen-bond acceptors (Lipinski definition) is 5. The SMILES string of the molecule is O=C(Oc1ccc(OCCC2CCCCC2)cn1)C1CCOCC1.[Li]. The van der Waals surface area contributed by atoms with Crippen LogP contribution in [0.25, 0.3) is 0 Å². The minimum Gasteiger partial charge on any atom is -0.492 e. The summed E-state index contributed by atoms with van der Waals surface area (Å²) in [7, 11) is 0. The maximum Gasteiger partial charge on any atom is 0.315 e. The third kappa shape index (κ3) is 6.66. The topological polar surface area (TPSA) is 57.7 Å². The minimum atomic E-state index is -0.211. The molecular formula is C19H27LiNO4. The molecule has 6 heteroatoms. The summed E-state index contributed by atoms with van der Waals surface area (Å²) in [6.45, 7) is 1.98. The average Bonchev–Trinajstić information content (AvgIpc) is 2.65. The van der Waals surface area contributed by atoms with Crippen molar-refractivity contribution in [3.8, 4) is 11.6 Å². The van der Waals surface area contributed by atoms with Crippen molar-refractivity contribution >= 4 is 24.8 Å². The van der Waals surface area contributed by atoms with Gasteiger partial charge in [-0.1, -0.05) is 32.1 Å². The molecule has 1 radical (unpaired) electrons. The predicted molar refractivity (Wildman–Crippen MR) is 95.9 cm³/mol. The Morgan fingerprint density at radius 3 is 2.56 bits per heavy atom. The van der Waals surface area contributed by atoms with Gasteiger partial charge in [-0.15, -0.1) is 0 Å². The fourth-order valence-electron chi connectivity index (χ4n) is 3.45. The van der Waals surface area contributed by atoms with Crippen LogP contribution in [0.1, 0.15) is 51.4 Å². The van der Waals surface area contributed by atoms with E-state index in [1.165, 1.54) is 32.1 Å². The first-order chi connectivity index (χ1) is 11.8. The Bertz CT molecular complexity index is 511. The van der Waals surface area contributed by atoms with Crippen molar-refractivity contribution in [1.82, 2.24) is 4.98 Å². The molecule has 0 amide bonds. The normalized spacial score (nSPS) is 19.0. The molecule has 5 nitrogen and oxygen atoms in total. The van der Waals surface area contributed by atoms with Crippen molar-refractivity contribution in [3.05, 3.63) is 18.3 Å². The second-order valence-electron chi connectivity index (χ2n) is 6.78. The van der Waals surface area contributed by atoms with Crippen LogP contribution in [0.4, 0.5) is 0 Å². The van der Waals surface area contributed by atoms with Gasteiger partial charge in [-0.25, -0.2) is 4.98 Å². The molecule has 0 unspecified atom stereocenters. The second kappa shape index (κ2) is 10.9. The monoisotopic (exact) mass is 340 g/mol. The number of carbonyl (C=O) groups is 1. The van der Waals surface area contributed by atoms with Crippen molar-refractivity contribution in [2.75, 3.05) is 19.8 Å².